The summed E-state index contributed by atoms with van der Waals surface area (Å²) in [5.74, 6) is -0.00536. The normalized spacial score (nSPS) is 17.2. The molecule has 1 aliphatic rings. The van der Waals surface area contributed by atoms with E-state index in [1.54, 1.807) is 0 Å². The monoisotopic (exact) mass is 296 g/mol. The summed E-state index contributed by atoms with van der Waals surface area (Å²) in [5, 5.41) is 6.30. The lowest BCUT2D eigenvalue weighted by Gasteiger charge is -2.14. The van der Waals surface area contributed by atoms with Gasteiger partial charge in [-0.1, -0.05) is 30.3 Å². The topological polar surface area (TPSA) is 50.4 Å². The Kier molecular flexibility index (Phi) is 4.71. The van der Waals surface area contributed by atoms with E-state index < -0.39 is 0 Å². The first-order valence-electron chi connectivity index (χ1n) is 7.64. The maximum Gasteiger partial charge on any atom is 0.227 e. The average Bonchev–Trinajstić information content (AvgIpc) is 3.03. The minimum absolute atomic E-state index is 0.00536. The van der Waals surface area contributed by atoms with Crippen molar-refractivity contribution in [1.82, 2.24) is 0 Å². The van der Waals surface area contributed by atoms with Crippen LogP contribution in [0.3, 0.4) is 0 Å². The number of benzene rings is 2. The standard InChI is InChI=1S/C18H20N2O2/c21-18(13-15-9-6-12-22-15)20-17-11-5-4-10-16(17)19-14-7-2-1-3-8-14/h1-5,7-8,10-11,15,19H,6,9,12-13H2,(H,20,21). The summed E-state index contributed by atoms with van der Waals surface area (Å²) in [6.07, 6.45) is 2.50. The van der Waals surface area contributed by atoms with Crippen molar-refractivity contribution in [3.8, 4) is 0 Å². The van der Waals surface area contributed by atoms with Gasteiger partial charge in [-0.2, -0.15) is 0 Å². The molecule has 22 heavy (non-hydrogen) atoms. The number of amides is 1. The number of anilines is 3. The van der Waals surface area contributed by atoms with Crippen LogP contribution in [0.2, 0.25) is 0 Å². The molecule has 0 aliphatic carbocycles. The molecule has 1 amide bonds. The zero-order valence-electron chi connectivity index (χ0n) is 12.4. The van der Waals surface area contributed by atoms with E-state index in [0.29, 0.717) is 6.42 Å². The smallest absolute Gasteiger partial charge is 0.227 e. The van der Waals surface area contributed by atoms with Crippen molar-refractivity contribution in [1.29, 1.82) is 0 Å². The molecule has 0 bridgehead atoms. The molecule has 3 rings (SSSR count). The van der Waals surface area contributed by atoms with Gasteiger partial charge in [0.05, 0.1) is 23.9 Å². The lowest BCUT2D eigenvalue weighted by Crippen LogP contribution is -2.19. The Morgan fingerprint density at radius 1 is 1.05 bits per heavy atom. The van der Waals surface area contributed by atoms with Gasteiger partial charge in [-0.15, -0.1) is 0 Å². The highest BCUT2D eigenvalue weighted by Gasteiger charge is 2.19. The molecule has 4 heteroatoms. The van der Waals surface area contributed by atoms with Crippen LogP contribution >= 0.6 is 0 Å². The second-order valence-corrected chi connectivity index (χ2v) is 5.42. The number of hydrogen-bond acceptors (Lipinski definition) is 3. The van der Waals surface area contributed by atoms with Crippen molar-refractivity contribution in [3.05, 3.63) is 54.6 Å². The Bertz CT molecular complexity index is 622. The fourth-order valence-electron chi connectivity index (χ4n) is 2.59. The first-order chi connectivity index (χ1) is 10.8. The molecule has 1 fully saturated rings. The second kappa shape index (κ2) is 7.09. The summed E-state index contributed by atoms with van der Waals surface area (Å²) in [4.78, 5) is 12.2. The largest absolute Gasteiger partial charge is 0.378 e. The van der Waals surface area contributed by atoms with Crippen molar-refractivity contribution in [2.24, 2.45) is 0 Å². The van der Waals surface area contributed by atoms with E-state index in [0.717, 1.165) is 36.5 Å². The van der Waals surface area contributed by atoms with Crippen molar-refractivity contribution in [3.63, 3.8) is 0 Å². The Hall–Kier alpha value is -2.33. The highest BCUT2D eigenvalue weighted by Crippen LogP contribution is 2.25. The highest BCUT2D eigenvalue weighted by molar-refractivity contribution is 5.95. The number of carbonyl (C=O) groups excluding carboxylic acids is 1. The summed E-state index contributed by atoms with van der Waals surface area (Å²) < 4.78 is 5.51. The summed E-state index contributed by atoms with van der Waals surface area (Å²) >= 11 is 0. The molecule has 0 spiro atoms. The van der Waals surface area contributed by atoms with Gasteiger partial charge in [0.1, 0.15) is 0 Å². The lowest BCUT2D eigenvalue weighted by atomic mass is 10.1. The minimum Gasteiger partial charge on any atom is -0.378 e. The molecule has 0 saturated carbocycles. The average molecular weight is 296 g/mol. The van der Waals surface area contributed by atoms with Gasteiger partial charge in [0.25, 0.3) is 0 Å². The third kappa shape index (κ3) is 3.86. The molecule has 0 aromatic heterocycles. The lowest BCUT2D eigenvalue weighted by molar-refractivity contribution is -0.118. The number of rotatable bonds is 5. The molecule has 2 N–H and O–H groups in total. The van der Waals surface area contributed by atoms with Crippen LogP contribution in [0.5, 0.6) is 0 Å². The quantitative estimate of drug-likeness (QED) is 0.878. The van der Waals surface area contributed by atoms with Crippen molar-refractivity contribution < 1.29 is 9.53 Å². The maximum absolute atomic E-state index is 12.2. The summed E-state index contributed by atoms with van der Waals surface area (Å²) in [7, 11) is 0. The van der Waals surface area contributed by atoms with Crippen LogP contribution in [-0.2, 0) is 9.53 Å². The Labute approximate surface area is 130 Å². The zero-order valence-corrected chi connectivity index (χ0v) is 12.4. The summed E-state index contributed by atoms with van der Waals surface area (Å²) in [6.45, 7) is 0.768. The van der Waals surface area contributed by atoms with Crippen LogP contribution in [0.4, 0.5) is 17.1 Å². The van der Waals surface area contributed by atoms with Gasteiger partial charge in [0, 0.05) is 12.3 Å². The summed E-state index contributed by atoms with van der Waals surface area (Å²) in [5.41, 5.74) is 2.66. The minimum atomic E-state index is -0.00536. The highest BCUT2D eigenvalue weighted by atomic mass is 16.5. The molecular formula is C18H20N2O2. The predicted octanol–water partition coefficient (Wildman–Crippen LogP) is 3.94. The van der Waals surface area contributed by atoms with Crippen LogP contribution in [0.1, 0.15) is 19.3 Å². The van der Waals surface area contributed by atoms with Crippen LogP contribution in [0.15, 0.2) is 54.6 Å². The van der Waals surface area contributed by atoms with E-state index in [9.17, 15) is 4.79 Å². The number of hydrogen-bond donors (Lipinski definition) is 2. The molecule has 2 aromatic carbocycles. The van der Waals surface area contributed by atoms with Gasteiger partial charge in [-0.05, 0) is 37.1 Å². The van der Waals surface area contributed by atoms with E-state index in [-0.39, 0.29) is 12.0 Å². The van der Waals surface area contributed by atoms with Gasteiger partial charge < -0.3 is 15.4 Å². The predicted molar refractivity (Wildman–Crippen MR) is 88.4 cm³/mol. The van der Waals surface area contributed by atoms with E-state index in [4.69, 9.17) is 4.74 Å². The number of nitrogens with one attached hydrogen (secondary N) is 2. The molecule has 2 aromatic rings. The number of ether oxygens (including phenoxy) is 1. The van der Waals surface area contributed by atoms with Gasteiger partial charge >= 0.3 is 0 Å². The van der Waals surface area contributed by atoms with Crippen molar-refractivity contribution in [2.75, 3.05) is 17.2 Å². The van der Waals surface area contributed by atoms with Gasteiger partial charge in [-0.3, -0.25) is 4.79 Å². The number of carbonyl (C=O) groups is 1. The second-order valence-electron chi connectivity index (χ2n) is 5.42. The van der Waals surface area contributed by atoms with Crippen molar-refractivity contribution >= 4 is 23.0 Å². The molecule has 1 aliphatic heterocycles. The van der Waals surface area contributed by atoms with Gasteiger partial charge in [0.2, 0.25) is 5.91 Å². The third-order valence-corrected chi connectivity index (χ3v) is 3.69. The van der Waals surface area contributed by atoms with Crippen LogP contribution in [-0.4, -0.2) is 18.6 Å². The van der Waals surface area contributed by atoms with Gasteiger partial charge in [-0.25, -0.2) is 0 Å². The molecule has 1 unspecified atom stereocenters. The Morgan fingerprint density at radius 2 is 1.77 bits per heavy atom. The Morgan fingerprint density at radius 3 is 2.50 bits per heavy atom. The van der Waals surface area contributed by atoms with Crippen LogP contribution < -0.4 is 10.6 Å². The maximum atomic E-state index is 12.2. The molecule has 1 saturated heterocycles. The first-order valence-corrected chi connectivity index (χ1v) is 7.64. The summed E-state index contributed by atoms with van der Waals surface area (Å²) in [6, 6.07) is 17.6. The van der Waals surface area contributed by atoms with Crippen LogP contribution in [0.25, 0.3) is 0 Å². The molecule has 114 valence electrons. The number of para-hydroxylation sites is 3. The van der Waals surface area contributed by atoms with Gasteiger partial charge in [0.15, 0.2) is 0 Å². The van der Waals surface area contributed by atoms with E-state index >= 15 is 0 Å². The zero-order chi connectivity index (χ0) is 15.2. The molecule has 1 atom stereocenters. The van der Waals surface area contributed by atoms with Crippen LogP contribution in [0, 0.1) is 0 Å². The molecule has 1 heterocycles. The third-order valence-electron chi connectivity index (χ3n) is 3.69. The van der Waals surface area contributed by atoms with E-state index in [2.05, 4.69) is 10.6 Å². The molecule has 0 radical (unpaired) electrons. The Balaban J connectivity index is 1.66. The fourth-order valence-corrected chi connectivity index (χ4v) is 2.59. The van der Waals surface area contributed by atoms with E-state index in [1.807, 2.05) is 54.6 Å². The van der Waals surface area contributed by atoms with Crippen molar-refractivity contribution in [2.45, 2.75) is 25.4 Å². The molecule has 4 nitrogen and oxygen atoms in total. The van der Waals surface area contributed by atoms with E-state index in [1.165, 1.54) is 0 Å². The SMILES string of the molecule is O=C(CC1CCCO1)Nc1ccccc1Nc1ccccc1. The first kappa shape index (κ1) is 14.6. The fraction of sp³-hybridized carbons (Fsp3) is 0.278. The molecular weight excluding hydrogens is 276 g/mol.